The van der Waals surface area contributed by atoms with Crippen LogP contribution >= 0.6 is 0 Å². The van der Waals surface area contributed by atoms with Crippen molar-refractivity contribution in [3.05, 3.63) is 96.5 Å². The van der Waals surface area contributed by atoms with E-state index in [0.717, 1.165) is 33.9 Å². The van der Waals surface area contributed by atoms with Crippen molar-refractivity contribution in [3.63, 3.8) is 0 Å². The van der Waals surface area contributed by atoms with Crippen LogP contribution < -0.4 is 10.4 Å². The molecule has 0 spiro atoms. The fourth-order valence-electron chi connectivity index (χ4n) is 2.89. The summed E-state index contributed by atoms with van der Waals surface area (Å²) in [6.45, 7) is 2.03. The van der Waals surface area contributed by atoms with Crippen molar-refractivity contribution in [2.45, 2.75) is 6.92 Å². The number of aromatic nitrogens is 2. The molecule has 0 aliphatic rings. The second-order valence-electron chi connectivity index (χ2n) is 6.08. The van der Waals surface area contributed by atoms with Gasteiger partial charge in [-0.2, -0.15) is 0 Å². The third-order valence-corrected chi connectivity index (χ3v) is 4.08. The predicted molar refractivity (Wildman–Crippen MR) is 108 cm³/mol. The Morgan fingerprint density at radius 3 is 2.04 bits per heavy atom. The molecule has 0 saturated carbocycles. The van der Waals surface area contributed by atoms with E-state index in [9.17, 15) is 0 Å². The van der Waals surface area contributed by atoms with Crippen molar-refractivity contribution in [3.8, 4) is 0 Å². The minimum atomic E-state index is 0.831. The quantitative estimate of drug-likeness (QED) is 0.487. The van der Waals surface area contributed by atoms with Crippen molar-refractivity contribution in [2.24, 2.45) is 0 Å². The Labute approximate surface area is 152 Å². The first-order valence-electron chi connectivity index (χ1n) is 8.59. The van der Waals surface area contributed by atoms with Gasteiger partial charge in [-0.1, -0.05) is 48.5 Å². The summed E-state index contributed by atoms with van der Waals surface area (Å²) in [5.41, 5.74) is 8.60. The van der Waals surface area contributed by atoms with Crippen LogP contribution in [-0.4, -0.2) is 9.97 Å². The number of nitrogens with zero attached hydrogens (tertiary/aromatic N) is 2. The Hall–Kier alpha value is -3.53. The van der Waals surface area contributed by atoms with E-state index in [1.807, 2.05) is 73.7 Å². The first-order valence-corrected chi connectivity index (χ1v) is 8.59. The number of para-hydroxylation sites is 4. The molecule has 0 fully saturated rings. The highest BCUT2D eigenvalue weighted by Gasteiger charge is 2.09. The number of benzene rings is 3. The highest BCUT2D eigenvalue weighted by molar-refractivity contribution is 5.76. The number of aromatic amines is 1. The highest BCUT2D eigenvalue weighted by atomic mass is 15.5. The molecular formula is C22H20N4. The molecular weight excluding hydrogens is 320 g/mol. The van der Waals surface area contributed by atoms with Gasteiger partial charge < -0.3 is 4.98 Å². The number of H-pyrrole nitrogens is 1. The largest absolute Gasteiger partial charge is 0.338 e. The third-order valence-electron chi connectivity index (χ3n) is 4.08. The molecule has 0 amide bonds. The van der Waals surface area contributed by atoms with E-state index in [1.54, 1.807) is 0 Å². The normalized spacial score (nSPS) is 11.5. The molecule has 0 aliphatic carbocycles. The number of hydrogen-bond acceptors (Lipinski definition) is 3. The number of imidazole rings is 1. The minimum Gasteiger partial charge on any atom is -0.338 e. The van der Waals surface area contributed by atoms with Gasteiger partial charge in [0.05, 0.1) is 22.4 Å². The molecule has 2 N–H and O–H groups in total. The van der Waals surface area contributed by atoms with Gasteiger partial charge in [0, 0.05) is 11.8 Å². The molecule has 0 radical (unpaired) electrons. The van der Waals surface area contributed by atoms with Crippen LogP contribution in [0.2, 0.25) is 0 Å². The lowest BCUT2D eigenvalue weighted by molar-refractivity contribution is 0.833. The Morgan fingerprint density at radius 1 is 0.846 bits per heavy atom. The molecule has 0 bridgehead atoms. The highest BCUT2D eigenvalue weighted by Crippen LogP contribution is 2.23. The summed E-state index contributed by atoms with van der Waals surface area (Å²) in [4.78, 5) is 7.95. The standard InChI is InChI=1S/C22H20N4/c1-17(16-22-23-20-14-8-9-15-21(20)24-22)25-26(18-10-4-2-5-11-18)19-12-6-3-7-13-19/h2-16,25H,1H3,(H,23,24). The van der Waals surface area contributed by atoms with E-state index in [0.29, 0.717) is 0 Å². The summed E-state index contributed by atoms with van der Waals surface area (Å²) in [5.74, 6) is 0.831. The summed E-state index contributed by atoms with van der Waals surface area (Å²) in [5, 5.41) is 2.06. The summed E-state index contributed by atoms with van der Waals surface area (Å²) in [6.07, 6.45) is 2.01. The summed E-state index contributed by atoms with van der Waals surface area (Å²) in [6, 6.07) is 28.5. The van der Waals surface area contributed by atoms with E-state index in [-0.39, 0.29) is 0 Å². The van der Waals surface area contributed by atoms with Crippen LogP contribution in [0.15, 0.2) is 90.6 Å². The first kappa shape index (κ1) is 16.0. The molecule has 0 saturated heterocycles. The molecule has 3 aromatic carbocycles. The van der Waals surface area contributed by atoms with Gasteiger partial charge in [0.15, 0.2) is 0 Å². The number of hydrogen-bond donors (Lipinski definition) is 2. The fraction of sp³-hybridized carbons (Fsp3) is 0.0455. The zero-order valence-corrected chi connectivity index (χ0v) is 14.6. The van der Waals surface area contributed by atoms with Gasteiger partial charge in [-0.3, -0.25) is 10.4 Å². The Kier molecular flexibility index (Phi) is 4.39. The molecule has 26 heavy (non-hydrogen) atoms. The zero-order chi connectivity index (χ0) is 17.8. The number of nitrogens with one attached hydrogen (secondary N) is 2. The lowest BCUT2D eigenvalue weighted by Gasteiger charge is -2.27. The molecule has 4 aromatic rings. The number of anilines is 2. The average Bonchev–Trinajstić information content (AvgIpc) is 3.09. The van der Waals surface area contributed by atoms with Crippen LogP contribution in [0.3, 0.4) is 0 Å². The fourth-order valence-corrected chi connectivity index (χ4v) is 2.89. The Morgan fingerprint density at radius 2 is 1.42 bits per heavy atom. The Balaban J connectivity index is 1.64. The first-order chi connectivity index (χ1) is 12.8. The number of allylic oxidation sites excluding steroid dienone is 1. The summed E-state index contributed by atoms with van der Waals surface area (Å²) in [7, 11) is 0. The molecule has 4 heteroatoms. The second-order valence-corrected chi connectivity index (χ2v) is 6.08. The molecule has 0 atom stereocenters. The van der Waals surface area contributed by atoms with Crippen molar-refractivity contribution >= 4 is 28.5 Å². The van der Waals surface area contributed by atoms with Gasteiger partial charge in [-0.05, 0) is 43.3 Å². The maximum absolute atomic E-state index is 4.62. The number of hydrazine groups is 1. The van der Waals surface area contributed by atoms with Gasteiger partial charge >= 0.3 is 0 Å². The van der Waals surface area contributed by atoms with Crippen LogP contribution in [0.4, 0.5) is 11.4 Å². The summed E-state index contributed by atoms with van der Waals surface area (Å²) < 4.78 is 0. The average molecular weight is 340 g/mol. The number of fused-ring (bicyclic) bond motifs is 1. The molecule has 1 heterocycles. The van der Waals surface area contributed by atoms with Crippen LogP contribution in [0.25, 0.3) is 17.1 Å². The lowest BCUT2D eigenvalue weighted by atomic mass is 10.2. The van der Waals surface area contributed by atoms with E-state index in [2.05, 4.69) is 44.7 Å². The SMILES string of the molecule is CC(=Cc1nc2ccccc2[nH]1)NN(c1ccccc1)c1ccccc1. The molecule has 0 aliphatic heterocycles. The van der Waals surface area contributed by atoms with Crippen molar-refractivity contribution < 1.29 is 0 Å². The van der Waals surface area contributed by atoms with Crippen LogP contribution in [0.1, 0.15) is 12.7 Å². The van der Waals surface area contributed by atoms with Crippen molar-refractivity contribution in [1.29, 1.82) is 0 Å². The Bertz CT molecular complexity index is 947. The minimum absolute atomic E-state index is 0.831. The second kappa shape index (κ2) is 7.15. The van der Waals surface area contributed by atoms with Gasteiger partial charge in [-0.15, -0.1) is 0 Å². The van der Waals surface area contributed by atoms with E-state index in [4.69, 9.17) is 0 Å². The van der Waals surface area contributed by atoms with E-state index < -0.39 is 0 Å². The van der Waals surface area contributed by atoms with Crippen molar-refractivity contribution in [2.75, 3.05) is 5.01 Å². The smallest absolute Gasteiger partial charge is 0.132 e. The maximum atomic E-state index is 4.62. The third kappa shape index (κ3) is 3.44. The topological polar surface area (TPSA) is 44.0 Å². The van der Waals surface area contributed by atoms with Crippen LogP contribution in [-0.2, 0) is 0 Å². The molecule has 4 nitrogen and oxygen atoms in total. The monoisotopic (exact) mass is 340 g/mol. The van der Waals surface area contributed by atoms with Gasteiger partial charge in [0.1, 0.15) is 5.82 Å². The molecule has 128 valence electrons. The predicted octanol–water partition coefficient (Wildman–Crippen LogP) is 5.27. The number of rotatable bonds is 5. The molecule has 0 unspecified atom stereocenters. The zero-order valence-electron chi connectivity index (χ0n) is 14.6. The maximum Gasteiger partial charge on any atom is 0.132 e. The van der Waals surface area contributed by atoms with Gasteiger partial charge in [0.2, 0.25) is 0 Å². The van der Waals surface area contributed by atoms with Gasteiger partial charge in [-0.25, -0.2) is 4.98 Å². The molecule has 1 aromatic heterocycles. The van der Waals surface area contributed by atoms with E-state index in [1.165, 1.54) is 0 Å². The molecule has 4 rings (SSSR count). The van der Waals surface area contributed by atoms with Crippen molar-refractivity contribution in [1.82, 2.24) is 15.4 Å². The lowest BCUT2D eigenvalue weighted by Crippen LogP contribution is -2.32. The van der Waals surface area contributed by atoms with Gasteiger partial charge in [0.25, 0.3) is 0 Å². The van der Waals surface area contributed by atoms with Crippen LogP contribution in [0.5, 0.6) is 0 Å². The van der Waals surface area contributed by atoms with E-state index >= 15 is 0 Å². The summed E-state index contributed by atoms with van der Waals surface area (Å²) >= 11 is 0. The van der Waals surface area contributed by atoms with Crippen LogP contribution in [0, 0.1) is 0 Å².